The maximum atomic E-state index is 13.8. The standard InChI is InChI=1S/C30H27BrN2O4S2/c1-5-36-28(35)25-18(4)32-30-33(26(25)20-13-11-19(12-14-20)17(2)3)27(34)24(39-30)16-21-15-23(31)29(37-21)38-22-9-7-6-8-10-22/h6-17,26H,5H2,1-4H3/b24-16+/t26-/m0/s1. The van der Waals surface area contributed by atoms with E-state index in [2.05, 4.69) is 34.8 Å². The van der Waals surface area contributed by atoms with Gasteiger partial charge in [-0.25, -0.2) is 9.79 Å². The van der Waals surface area contributed by atoms with Gasteiger partial charge in [-0.3, -0.25) is 9.36 Å². The lowest BCUT2D eigenvalue weighted by molar-refractivity contribution is -0.139. The topological polar surface area (TPSA) is 73.8 Å². The fourth-order valence-electron chi connectivity index (χ4n) is 4.40. The Bertz CT molecular complexity index is 1730. The van der Waals surface area contributed by atoms with Crippen LogP contribution in [0.3, 0.4) is 0 Å². The van der Waals surface area contributed by atoms with Crippen LogP contribution >= 0.6 is 39.0 Å². The van der Waals surface area contributed by atoms with Gasteiger partial charge in [0.15, 0.2) is 9.89 Å². The fourth-order valence-corrected chi connectivity index (χ4v) is 6.78. The number of allylic oxidation sites excluding steroid dienone is 1. The van der Waals surface area contributed by atoms with Crippen molar-refractivity contribution in [2.45, 2.75) is 49.6 Å². The number of fused-ring (bicyclic) bond motifs is 1. The number of rotatable bonds is 7. The molecule has 3 heterocycles. The van der Waals surface area contributed by atoms with E-state index in [1.807, 2.05) is 60.7 Å². The summed E-state index contributed by atoms with van der Waals surface area (Å²) in [7, 11) is 0. The van der Waals surface area contributed by atoms with Crippen molar-refractivity contribution in [1.82, 2.24) is 4.57 Å². The molecule has 0 radical (unpaired) electrons. The monoisotopic (exact) mass is 622 g/mol. The van der Waals surface area contributed by atoms with Gasteiger partial charge in [-0.2, -0.15) is 0 Å². The predicted molar refractivity (Wildman–Crippen MR) is 158 cm³/mol. The van der Waals surface area contributed by atoms with E-state index in [1.54, 1.807) is 24.5 Å². The molecule has 6 nitrogen and oxygen atoms in total. The zero-order chi connectivity index (χ0) is 27.7. The smallest absolute Gasteiger partial charge is 0.338 e. The van der Waals surface area contributed by atoms with Gasteiger partial charge in [0.1, 0.15) is 5.76 Å². The molecule has 200 valence electrons. The molecule has 0 saturated heterocycles. The van der Waals surface area contributed by atoms with E-state index in [9.17, 15) is 9.59 Å². The first-order chi connectivity index (χ1) is 18.8. The number of nitrogens with zero attached hydrogens (tertiary/aromatic N) is 2. The van der Waals surface area contributed by atoms with Crippen LogP contribution in [0.15, 0.2) is 101 Å². The van der Waals surface area contributed by atoms with Crippen molar-refractivity contribution >= 4 is 51.1 Å². The normalized spacial score (nSPS) is 15.4. The summed E-state index contributed by atoms with van der Waals surface area (Å²) in [5, 5.41) is 0.698. The lowest BCUT2D eigenvalue weighted by atomic mass is 9.93. The second-order valence-corrected chi connectivity index (χ2v) is 12.2. The Labute approximate surface area is 242 Å². The highest BCUT2D eigenvalue weighted by atomic mass is 79.9. The van der Waals surface area contributed by atoms with Crippen molar-refractivity contribution in [3.8, 4) is 0 Å². The Morgan fingerprint density at radius 2 is 1.92 bits per heavy atom. The van der Waals surface area contributed by atoms with Gasteiger partial charge in [0, 0.05) is 11.0 Å². The summed E-state index contributed by atoms with van der Waals surface area (Å²) in [6.45, 7) is 8.04. The molecule has 2 aromatic carbocycles. The molecular weight excluding hydrogens is 596 g/mol. The fraction of sp³-hybridized carbons (Fsp3) is 0.233. The van der Waals surface area contributed by atoms with E-state index >= 15 is 0 Å². The number of thiazole rings is 1. The maximum absolute atomic E-state index is 13.8. The van der Waals surface area contributed by atoms with Gasteiger partial charge < -0.3 is 9.15 Å². The number of furan rings is 1. The number of aromatic nitrogens is 1. The minimum atomic E-state index is -0.642. The number of carbonyl (C=O) groups excluding carboxylic acids is 1. The molecule has 0 aliphatic carbocycles. The zero-order valence-electron chi connectivity index (χ0n) is 21.9. The highest BCUT2D eigenvalue weighted by molar-refractivity contribution is 9.10. The first-order valence-electron chi connectivity index (χ1n) is 12.6. The van der Waals surface area contributed by atoms with E-state index in [-0.39, 0.29) is 12.2 Å². The van der Waals surface area contributed by atoms with Gasteiger partial charge in [0.05, 0.1) is 32.9 Å². The number of hydrogen-bond acceptors (Lipinski definition) is 7. The molecule has 1 atom stereocenters. The Kier molecular flexibility index (Phi) is 8.11. The van der Waals surface area contributed by atoms with Gasteiger partial charge in [-0.05, 0) is 65.0 Å². The minimum Gasteiger partial charge on any atom is -0.463 e. The van der Waals surface area contributed by atoms with Crippen LogP contribution in [0.5, 0.6) is 0 Å². The molecule has 0 bridgehead atoms. The van der Waals surface area contributed by atoms with Crippen LogP contribution in [0.1, 0.15) is 56.5 Å². The van der Waals surface area contributed by atoms with Crippen LogP contribution in [-0.4, -0.2) is 17.1 Å². The summed E-state index contributed by atoms with van der Waals surface area (Å²) in [5.74, 6) is 0.439. The molecule has 0 unspecified atom stereocenters. The second-order valence-electron chi connectivity index (χ2n) is 9.32. The summed E-state index contributed by atoms with van der Waals surface area (Å²) in [4.78, 5) is 33.2. The van der Waals surface area contributed by atoms with Crippen LogP contribution in [0.4, 0.5) is 0 Å². The van der Waals surface area contributed by atoms with Crippen LogP contribution in [0.25, 0.3) is 6.08 Å². The summed E-state index contributed by atoms with van der Waals surface area (Å²) >= 11 is 6.34. The van der Waals surface area contributed by atoms with Crippen molar-refractivity contribution in [3.63, 3.8) is 0 Å². The van der Waals surface area contributed by atoms with Gasteiger partial charge >= 0.3 is 5.97 Å². The average Bonchev–Trinajstić information content (AvgIpc) is 3.41. The van der Waals surface area contributed by atoms with E-state index < -0.39 is 12.0 Å². The third kappa shape index (κ3) is 5.62. The molecule has 2 aromatic heterocycles. The molecule has 0 saturated carbocycles. The molecular formula is C30H27BrN2O4S2. The molecule has 5 rings (SSSR count). The van der Waals surface area contributed by atoms with E-state index in [0.717, 1.165) is 14.9 Å². The molecule has 9 heteroatoms. The molecule has 0 amide bonds. The molecule has 4 aromatic rings. The number of esters is 1. The average molecular weight is 624 g/mol. The largest absolute Gasteiger partial charge is 0.463 e. The third-order valence-electron chi connectivity index (χ3n) is 6.34. The quantitative estimate of drug-likeness (QED) is 0.222. The molecule has 1 aliphatic heterocycles. The van der Waals surface area contributed by atoms with E-state index in [0.29, 0.717) is 37.4 Å². The third-order valence-corrected chi connectivity index (χ3v) is 9.17. The summed E-state index contributed by atoms with van der Waals surface area (Å²) < 4.78 is 14.3. The van der Waals surface area contributed by atoms with Crippen molar-refractivity contribution < 1.29 is 13.9 Å². The minimum absolute atomic E-state index is 0.232. The molecule has 39 heavy (non-hydrogen) atoms. The van der Waals surface area contributed by atoms with Crippen LogP contribution < -0.4 is 14.9 Å². The Morgan fingerprint density at radius 1 is 1.21 bits per heavy atom. The highest BCUT2D eigenvalue weighted by Gasteiger charge is 2.33. The lowest BCUT2D eigenvalue weighted by Crippen LogP contribution is -2.39. The van der Waals surface area contributed by atoms with Crippen molar-refractivity contribution in [2.75, 3.05) is 6.61 Å². The van der Waals surface area contributed by atoms with Gasteiger partial charge in [-0.15, -0.1) is 0 Å². The first kappa shape index (κ1) is 27.4. The summed E-state index contributed by atoms with van der Waals surface area (Å²) in [5.41, 5.74) is 2.68. The number of carbonyl (C=O) groups is 1. The number of hydrogen-bond donors (Lipinski definition) is 0. The SMILES string of the molecule is CCOC(=O)C1=C(C)N=c2s/c(=C/c3cc(Br)c(Sc4ccccc4)o3)c(=O)n2[C@H]1c1ccc(C(C)C)cc1. The van der Waals surface area contributed by atoms with Crippen LogP contribution in [-0.2, 0) is 9.53 Å². The van der Waals surface area contributed by atoms with E-state index in [4.69, 9.17) is 9.15 Å². The first-order valence-corrected chi connectivity index (χ1v) is 15.0. The second kappa shape index (κ2) is 11.5. The van der Waals surface area contributed by atoms with Gasteiger partial charge in [0.25, 0.3) is 5.56 Å². The Balaban J connectivity index is 1.61. The number of halogens is 1. The lowest BCUT2D eigenvalue weighted by Gasteiger charge is -2.25. The molecule has 0 spiro atoms. The number of ether oxygens (including phenoxy) is 1. The van der Waals surface area contributed by atoms with Gasteiger partial charge in [0.2, 0.25) is 0 Å². The summed E-state index contributed by atoms with van der Waals surface area (Å²) in [6.07, 6.45) is 1.73. The Morgan fingerprint density at radius 3 is 2.59 bits per heavy atom. The van der Waals surface area contributed by atoms with Crippen LogP contribution in [0, 0.1) is 0 Å². The van der Waals surface area contributed by atoms with Crippen LogP contribution in [0.2, 0.25) is 0 Å². The van der Waals surface area contributed by atoms with Crippen molar-refractivity contribution in [3.05, 3.63) is 113 Å². The number of benzene rings is 2. The maximum Gasteiger partial charge on any atom is 0.338 e. The molecule has 1 aliphatic rings. The van der Waals surface area contributed by atoms with Crippen molar-refractivity contribution in [1.29, 1.82) is 0 Å². The summed E-state index contributed by atoms with van der Waals surface area (Å²) in [6, 6.07) is 19.2. The van der Waals surface area contributed by atoms with Gasteiger partial charge in [-0.1, -0.05) is 79.4 Å². The predicted octanol–water partition coefficient (Wildman–Crippen LogP) is 6.43. The molecule has 0 fully saturated rings. The van der Waals surface area contributed by atoms with Crippen molar-refractivity contribution in [2.24, 2.45) is 4.99 Å². The highest BCUT2D eigenvalue weighted by Crippen LogP contribution is 2.36. The molecule has 0 N–H and O–H groups in total. The zero-order valence-corrected chi connectivity index (χ0v) is 25.2. The van der Waals surface area contributed by atoms with E-state index in [1.165, 1.54) is 28.7 Å². The Hall–Kier alpha value is -3.14.